The summed E-state index contributed by atoms with van der Waals surface area (Å²) < 4.78 is 0.889. The second-order valence-electron chi connectivity index (χ2n) is 5.94. The van der Waals surface area contributed by atoms with Crippen molar-refractivity contribution in [1.82, 2.24) is 0 Å². The highest BCUT2D eigenvalue weighted by Gasteiger charge is 2.28. The quantitative estimate of drug-likeness (QED) is 0.531. The lowest BCUT2D eigenvalue weighted by molar-refractivity contribution is -0.110. The first-order valence-electron chi connectivity index (χ1n) is 8.09. The number of carbonyl (C=O) groups is 1. The molecule has 4 rings (SSSR count). The van der Waals surface area contributed by atoms with E-state index in [1.54, 1.807) is 18.2 Å². The van der Waals surface area contributed by atoms with Gasteiger partial charge in [-0.3, -0.25) is 4.79 Å². The zero-order valence-electron chi connectivity index (χ0n) is 13.7. The van der Waals surface area contributed by atoms with Gasteiger partial charge < -0.3 is 15.7 Å². The van der Waals surface area contributed by atoms with Gasteiger partial charge in [0.1, 0.15) is 5.75 Å². The summed E-state index contributed by atoms with van der Waals surface area (Å²) >= 11 is 3.47. The molecule has 1 aliphatic heterocycles. The van der Waals surface area contributed by atoms with Crippen LogP contribution in [0.4, 0.5) is 11.4 Å². The molecule has 0 atom stereocenters. The second kappa shape index (κ2) is 6.69. The molecule has 1 aliphatic rings. The number of halogens is 1. The molecular formula is C21H15BrN2O2. The van der Waals surface area contributed by atoms with E-state index in [1.165, 1.54) is 0 Å². The molecule has 0 spiro atoms. The summed E-state index contributed by atoms with van der Waals surface area (Å²) in [5.41, 5.74) is 4.34. The van der Waals surface area contributed by atoms with Crippen LogP contribution in [-0.2, 0) is 4.79 Å². The van der Waals surface area contributed by atoms with Crippen LogP contribution >= 0.6 is 15.9 Å². The minimum atomic E-state index is -0.181. The minimum Gasteiger partial charge on any atom is -0.508 e. The molecule has 0 radical (unpaired) electrons. The van der Waals surface area contributed by atoms with Crippen LogP contribution in [0.2, 0.25) is 0 Å². The van der Waals surface area contributed by atoms with Gasteiger partial charge in [0, 0.05) is 27.0 Å². The van der Waals surface area contributed by atoms with Gasteiger partial charge in [0.25, 0.3) is 5.91 Å². The van der Waals surface area contributed by atoms with Crippen LogP contribution < -0.4 is 10.6 Å². The van der Waals surface area contributed by atoms with Gasteiger partial charge in [-0.1, -0.05) is 46.3 Å². The Labute approximate surface area is 159 Å². The first-order chi connectivity index (χ1) is 12.6. The number of amides is 1. The standard InChI is InChI=1S/C21H15BrN2O2/c22-14-9-10-18-17(12-14)19(21(26)24-18)20(13-5-4-8-16(25)11-13)23-15-6-2-1-3-7-15/h1-12,23,25H,(H,24,26)/b20-19-. The molecule has 0 aromatic heterocycles. The second-order valence-corrected chi connectivity index (χ2v) is 6.85. The fourth-order valence-corrected chi connectivity index (χ4v) is 3.35. The van der Waals surface area contributed by atoms with Crippen molar-refractivity contribution in [3.05, 3.63) is 88.4 Å². The van der Waals surface area contributed by atoms with Crippen LogP contribution in [0.5, 0.6) is 5.75 Å². The monoisotopic (exact) mass is 406 g/mol. The van der Waals surface area contributed by atoms with E-state index in [0.29, 0.717) is 11.3 Å². The largest absolute Gasteiger partial charge is 0.508 e. The summed E-state index contributed by atoms with van der Waals surface area (Å²) in [5, 5.41) is 16.2. The summed E-state index contributed by atoms with van der Waals surface area (Å²) in [7, 11) is 0. The Hall–Kier alpha value is -3.05. The lowest BCUT2D eigenvalue weighted by atomic mass is 10.00. The predicted molar refractivity (Wildman–Crippen MR) is 108 cm³/mol. The van der Waals surface area contributed by atoms with E-state index in [9.17, 15) is 9.90 Å². The molecular weight excluding hydrogens is 392 g/mol. The normalized spacial score (nSPS) is 14.6. The molecule has 0 saturated carbocycles. The molecule has 0 unspecified atom stereocenters. The average Bonchev–Trinajstić information content (AvgIpc) is 2.95. The van der Waals surface area contributed by atoms with Gasteiger partial charge in [-0.05, 0) is 42.5 Å². The molecule has 3 N–H and O–H groups in total. The van der Waals surface area contributed by atoms with E-state index < -0.39 is 0 Å². The third-order valence-corrected chi connectivity index (χ3v) is 4.65. The van der Waals surface area contributed by atoms with Crippen LogP contribution in [0.25, 0.3) is 11.3 Å². The third kappa shape index (κ3) is 3.09. The van der Waals surface area contributed by atoms with Crippen LogP contribution in [0.15, 0.2) is 77.3 Å². The summed E-state index contributed by atoms with van der Waals surface area (Å²) in [6.07, 6.45) is 0. The number of rotatable bonds is 3. The number of hydrogen-bond acceptors (Lipinski definition) is 3. The molecule has 0 aliphatic carbocycles. The van der Waals surface area contributed by atoms with Crippen molar-refractivity contribution in [2.45, 2.75) is 0 Å². The van der Waals surface area contributed by atoms with Crippen molar-refractivity contribution in [2.75, 3.05) is 10.6 Å². The van der Waals surface area contributed by atoms with Gasteiger partial charge >= 0.3 is 0 Å². The Morgan fingerprint density at radius 2 is 1.77 bits per heavy atom. The molecule has 4 nitrogen and oxygen atoms in total. The molecule has 1 heterocycles. The molecule has 1 amide bonds. The number of phenols is 1. The highest BCUT2D eigenvalue weighted by atomic mass is 79.9. The van der Waals surface area contributed by atoms with Gasteiger partial charge in [-0.25, -0.2) is 0 Å². The van der Waals surface area contributed by atoms with E-state index in [-0.39, 0.29) is 11.7 Å². The van der Waals surface area contributed by atoms with E-state index in [0.717, 1.165) is 27.0 Å². The summed E-state index contributed by atoms with van der Waals surface area (Å²) in [6.45, 7) is 0. The van der Waals surface area contributed by atoms with Gasteiger partial charge in [-0.15, -0.1) is 0 Å². The van der Waals surface area contributed by atoms with Gasteiger partial charge in [0.15, 0.2) is 0 Å². The number of aromatic hydroxyl groups is 1. The van der Waals surface area contributed by atoms with Crippen LogP contribution in [0, 0.1) is 0 Å². The third-order valence-electron chi connectivity index (χ3n) is 4.15. The molecule has 5 heteroatoms. The van der Waals surface area contributed by atoms with Crippen molar-refractivity contribution >= 4 is 44.5 Å². The van der Waals surface area contributed by atoms with Crippen LogP contribution in [0.1, 0.15) is 11.1 Å². The number of nitrogens with one attached hydrogen (secondary N) is 2. The predicted octanol–water partition coefficient (Wildman–Crippen LogP) is 5.09. The molecule has 0 fully saturated rings. The highest BCUT2D eigenvalue weighted by molar-refractivity contribution is 9.10. The van der Waals surface area contributed by atoms with Crippen LogP contribution in [0.3, 0.4) is 0 Å². The number of phenolic OH excluding ortho intramolecular Hbond substituents is 1. The molecule has 0 saturated heterocycles. The summed E-state index contributed by atoms with van der Waals surface area (Å²) in [4.78, 5) is 12.7. The van der Waals surface area contributed by atoms with Crippen LogP contribution in [-0.4, -0.2) is 11.0 Å². The first kappa shape index (κ1) is 16.4. The fourth-order valence-electron chi connectivity index (χ4n) is 2.99. The van der Waals surface area contributed by atoms with Crippen molar-refractivity contribution in [1.29, 1.82) is 0 Å². The van der Waals surface area contributed by atoms with Gasteiger partial charge in [0.05, 0.1) is 11.3 Å². The number of hydrogen-bond donors (Lipinski definition) is 3. The molecule has 0 bridgehead atoms. The Kier molecular flexibility index (Phi) is 4.22. The van der Waals surface area contributed by atoms with E-state index in [2.05, 4.69) is 26.6 Å². The smallest absolute Gasteiger partial charge is 0.258 e. The summed E-state index contributed by atoms with van der Waals surface area (Å²) in [6, 6.07) is 22.2. The Morgan fingerprint density at radius 1 is 0.962 bits per heavy atom. The number of para-hydroxylation sites is 1. The molecule has 3 aromatic carbocycles. The lowest BCUT2D eigenvalue weighted by Crippen LogP contribution is -2.10. The van der Waals surface area contributed by atoms with E-state index >= 15 is 0 Å². The maximum absolute atomic E-state index is 12.7. The maximum atomic E-state index is 12.7. The van der Waals surface area contributed by atoms with Crippen molar-refractivity contribution in [2.24, 2.45) is 0 Å². The maximum Gasteiger partial charge on any atom is 0.258 e. The van der Waals surface area contributed by atoms with Crippen molar-refractivity contribution < 1.29 is 9.90 Å². The Bertz CT molecular complexity index is 1030. The molecule has 3 aromatic rings. The number of benzene rings is 3. The van der Waals surface area contributed by atoms with Gasteiger partial charge in [-0.2, -0.15) is 0 Å². The zero-order chi connectivity index (χ0) is 18.1. The lowest BCUT2D eigenvalue weighted by Gasteiger charge is -2.15. The first-order valence-corrected chi connectivity index (χ1v) is 8.88. The average molecular weight is 407 g/mol. The SMILES string of the molecule is O=C1Nc2ccc(Br)cc2/C1=C(/Nc1ccccc1)c1cccc(O)c1. The number of anilines is 2. The molecule has 128 valence electrons. The van der Waals surface area contributed by atoms with Crippen molar-refractivity contribution in [3.8, 4) is 5.75 Å². The highest BCUT2D eigenvalue weighted by Crippen LogP contribution is 2.39. The molecule has 26 heavy (non-hydrogen) atoms. The number of carbonyl (C=O) groups excluding carboxylic acids is 1. The van der Waals surface area contributed by atoms with Gasteiger partial charge in [0.2, 0.25) is 0 Å². The van der Waals surface area contributed by atoms with E-state index in [1.807, 2.05) is 54.6 Å². The zero-order valence-corrected chi connectivity index (χ0v) is 15.2. The topological polar surface area (TPSA) is 61.4 Å². The fraction of sp³-hybridized carbons (Fsp3) is 0. The number of fused-ring (bicyclic) bond motifs is 1. The summed E-state index contributed by atoms with van der Waals surface area (Å²) in [5.74, 6) is -0.0387. The minimum absolute atomic E-state index is 0.142. The van der Waals surface area contributed by atoms with Crippen molar-refractivity contribution in [3.63, 3.8) is 0 Å². The van der Waals surface area contributed by atoms with E-state index in [4.69, 9.17) is 0 Å². The Morgan fingerprint density at radius 3 is 2.54 bits per heavy atom. The Balaban J connectivity index is 1.94.